The van der Waals surface area contributed by atoms with E-state index in [0.717, 1.165) is 38.4 Å². The number of aromatic nitrogens is 2. The van der Waals surface area contributed by atoms with Gasteiger partial charge in [-0.15, -0.1) is 0 Å². The van der Waals surface area contributed by atoms with Gasteiger partial charge in [0.05, 0.1) is 11.9 Å². The van der Waals surface area contributed by atoms with Crippen LogP contribution in [0.5, 0.6) is 0 Å². The fourth-order valence-corrected chi connectivity index (χ4v) is 1.56. The van der Waals surface area contributed by atoms with Crippen molar-refractivity contribution in [3.63, 3.8) is 0 Å². The Kier molecular flexibility index (Phi) is 2.49. The zero-order valence-electron chi connectivity index (χ0n) is 8.23. The van der Waals surface area contributed by atoms with E-state index in [2.05, 4.69) is 26.8 Å². The molecule has 0 aromatic carbocycles. The summed E-state index contributed by atoms with van der Waals surface area (Å²) < 4.78 is 0. The first kappa shape index (κ1) is 9.21. The summed E-state index contributed by atoms with van der Waals surface area (Å²) >= 11 is 0. The number of aldehydes is 1. The number of carbonyl (C=O) groups excluding carboxylic acids is 1. The number of H-pyrrole nitrogens is 1. The maximum atomic E-state index is 10.5. The molecule has 0 spiro atoms. The lowest BCUT2D eigenvalue weighted by molar-refractivity contribution is 0.111. The van der Waals surface area contributed by atoms with Crippen LogP contribution in [-0.2, 0) is 0 Å². The maximum Gasteiger partial charge on any atom is 0.203 e. The number of carbonyl (C=O) groups is 1. The molecule has 1 fully saturated rings. The average Bonchev–Trinajstić information content (AvgIpc) is 2.67. The topological polar surface area (TPSA) is 52.2 Å². The lowest BCUT2D eigenvalue weighted by Crippen LogP contribution is -2.44. The Morgan fingerprint density at radius 2 is 2.14 bits per heavy atom. The van der Waals surface area contributed by atoms with E-state index in [1.54, 1.807) is 6.20 Å². The summed E-state index contributed by atoms with van der Waals surface area (Å²) in [6.07, 6.45) is 2.35. The zero-order valence-corrected chi connectivity index (χ0v) is 8.23. The molecule has 1 N–H and O–H groups in total. The number of imidazole rings is 1. The van der Waals surface area contributed by atoms with Gasteiger partial charge in [0.1, 0.15) is 0 Å². The second kappa shape index (κ2) is 3.79. The van der Waals surface area contributed by atoms with E-state index in [1.807, 2.05) is 0 Å². The summed E-state index contributed by atoms with van der Waals surface area (Å²) in [7, 11) is 2.11. The molecule has 2 heterocycles. The van der Waals surface area contributed by atoms with Gasteiger partial charge in [-0.3, -0.25) is 4.79 Å². The summed E-state index contributed by atoms with van der Waals surface area (Å²) in [6, 6.07) is 0. The highest BCUT2D eigenvalue weighted by Crippen LogP contribution is 2.10. The number of nitrogens with zero attached hydrogens (tertiary/aromatic N) is 3. The predicted octanol–water partition coefficient (Wildman–Crippen LogP) is -0.0260. The molecule has 0 unspecified atom stereocenters. The Balaban J connectivity index is 2.04. The highest BCUT2D eigenvalue weighted by atomic mass is 16.1. The molecule has 0 atom stereocenters. The second-order valence-electron chi connectivity index (χ2n) is 3.57. The number of aromatic amines is 1. The number of hydrogen-bond donors (Lipinski definition) is 1. The lowest BCUT2D eigenvalue weighted by atomic mass is 10.3. The third-order valence-corrected chi connectivity index (χ3v) is 2.51. The van der Waals surface area contributed by atoms with Crippen molar-refractivity contribution in [3.8, 4) is 0 Å². The van der Waals surface area contributed by atoms with E-state index in [0.29, 0.717) is 5.69 Å². The van der Waals surface area contributed by atoms with Gasteiger partial charge < -0.3 is 14.8 Å². The lowest BCUT2D eigenvalue weighted by Gasteiger charge is -2.32. The first-order valence-electron chi connectivity index (χ1n) is 4.73. The quantitative estimate of drug-likeness (QED) is 0.672. The van der Waals surface area contributed by atoms with E-state index in [-0.39, 0.29) is 0 Å². The molecule has 1 saturated heterocycles. The Labute approximate surface area is 82.7 Å². The zero-order chi connectivity index (χ0) is 9.97. The van der Waals surface area contributed by atoms with Crippen LogP contribution < -0.4 is 4.90 Å². The van der Waals surface area contributed by atoms with Crippen LogP contribution in [-0.4, -0.2) is 54.4 Å². The summed E-state index contributed by atoms with van der Waals surface area (Å²) in [6.45, 7) is 4.00. The minimum Gasteiger partial charge on any atom is -0.340 e. The molecular weight excluding hydrogens is 180 g/mol. The molecule has 1 aliphatic heterocycles. The number of likely N-dealkylation sites (N-methyl/N-ethyl adjacent to an activating group) is 1. The van der Waals surface area contributed by atoms with Crippen LogP contribution >= 0.6 is 0 Å². The highest BCUT2D eigenvalue weighted by molar-refractivity contribution is 5.72. The monoisotopic (exact) mass is 194 g/mol. The Morgan fingerprint density at radius 3 is 2.71 bits per heavy atom. The molecule has 5 nitrogen and oxygen atoms in total. The molecule has 1 aromatic heterocycles. The molecule has 1 aromatic rings. The standard InChI is InChI=1S/C9H14N4O/c1-12-2-4-13(5-3-12)9-10-6-8(7-14)11-9/h6-7H,2-5H2,1H3,(H,10,11). The predicted molar refractivity (Wildman–Crippen MR) is 53.7 cm³/mol. The number of rotatable bonds is 2. The molecule has 2 rings (SSSR count). The summed E-state index contributed by atoms with van der Waals surface area (Å²) in [4.78, 5) is 22.0. The van der Waals surface area contributed by atoms with Crippen LogP contribution in [0.15, 0.2) is 6.20 Å². The van der Waals surface area contributed by atoms with Crippen molar-refractivity contribution in [2.75, 3.05) is 38.1 Å². The van der Waals surface area contributed by atoms with Crippen molar-refractivity contribution in [1.29, 1.82) is 0 Å². The third kappa shape index (κ3) is 1.77. The van der Waals surface area contributed by atoms with Gasteiger partial charge in [-0.1, -0.05) is 0 Å². The van der Waals surface area contributed by atoms with E-state index in [4.69, 9.17) is 0 Å². The molecule has 0 radical (unpaired) electrons. The average molecular weight is 194 g/mol. The van der Waals surface area contributed by atoms with Crippen LogP contribution in [0, 0.1) is 0 Å². The summed E-state index contributed by atoms with van der Waals surface area (Å²) in [5.74, 6) is 0.806. The van der Waals surface area contributed by atoms with Gasteiger partial charge in [0.25, 0.3) is 0 Å². The van der Waals surface area contributed by atoms with Crippen LogP contribution in [0.2, 0.25) is 0 Å². The fraction of sp³-hybridized carbons (Fsp3) is 0.556. The first-order chi connectivity index (χ1) is 6.79. The molecule has 0 amide bonds. The SMILES string of the molecule is CN1CCN(c2ncc(C=O)[nH]2)CC1. The van der Waals surface area contributed by atoms with Crippen LogP contribution in [0.3, 0.4) is 0 Å². The van der Waals surface area contributed by atoms with E-state index >= 15 is 0 Å². The molecule has 0 bridgehead atoms. The summed E-state index contributed by atoms with van der Waals surface area (Å²) in [5, 5.41) is 0. The minimum absolute atomic E-state index is 0.541. The third-order valence-electron chi connectivity index (χ3n) is 2.51. The smallest absolute Gasteiger partial charge is 0.203 e. The highest BCUT2D eigenvalue weighted by Gasteiger charge is 2.16. The van der Waals surface area contributed by atoms with E-state index in [9.17, 15) is 4.79 Å². The van der Waals surface area contributed by atoms with Crippen LogP contribution in [0.25, 0.3) is 0 Å². The largest absolute Gasteiger partial charge is 0.340 e. The van der Waals surface area contributed by atoms with Gasteiger partial charge in [0.15, 0.2) is 6.29 Å². The van der Waals surface area contributed by atoms with Crippen molar-refractivity contribution < 1.29 is 4.79 Å². The van der Waals surface area contributed by atoms with E-state index in [1.165, 1.54) is 0 Å². The Hall–Kier alpha value is -1.36. The Morgan fingerprint density at radius 1 is 1.43 bits per heavy atom. The molecule has 0 aliphatic carbocycles. The molecule has 0 saturated carbocycles. The van der Waals surface area contributed by atoms with Crippen LogP contribution in [0.4, 0.5) is 5.95 Å². The summed E-state index contributed by atoms with van der Waals surface area (Å²) in [5.41, 5.74) is 0.541. The minimum atomic E-state index is 0.541. The molecule has 1 aliphatic rings. The Bertz CT molecular complexity index is 314. The maximum absolute atomic E-state index is 10.5. The molecule has 76 valence electrons. The van der Waals surface area contributed by atoms with E-state index < -0.39 is 0 Å². The fourth-order valence-electron chi connectivity index (χ4n) is 1.56. The number of anilines is 1. The van der Waals surface area contributed by atoms with Crippen molar-refractivity contribution in [2.24, 2.45) is 0 Å². The second-order valence-corrected chi connectivity index (χ2v) is 3.57. The van der Waals surface area contributed by atoms with Crippen molar-refractivity contribution in [2.45, 2.75) is 0 Å². The van der Waals surface area contributed by atoms with Gasteiger partial charge in [-0.25, -0.2) is 4.98 Å². The van der Waals surface area contributed by atoms with Gasteiger partial charge >= 0.3 is 0 Å². The molecule has 14 heavy (non-hydrogen) atoms. The normalized spacial score (nSPS) is 18.5. The van der Waals surface area contributed by atoms with Crippen molar-refractivity contribution in [3.05, 3.63) is 11.9 Å². The van der Waals surface area contributed by atoms with Crippen molar-refractivity contribution in [1.82, 2.24) is 14.9 Å². The van der Waals surface area contributed by atoms with Gasteiger partial charge in [0, 0.05) is 26.2 Å². The van der Waals surface area contributed by atoms with Crippen LogP contribution in [0.1, 0.15) is 10.5 Å². The van der Waals surface area contributed by atoms with Gasteiger partial charge in [-0.05, 0) is 7.05 Å². The number of nitrogens with one attached hydrogen (secondary N) is 1. The van der Waals surface area contributed by atoms with Gasteiger partial charge in [-0.2, -0.15) is 0 Å². The molecule has 5 heteroatoms. The first-order valence-corrected chi connectivity index (χ1v) is 4.73. The number of piperazine rings is 1. The van der Waals surface area contributed by atoms with Crippen molar-refractivity contribution >= 4 is 12.2 Å². The molecular formula is C9H14N4O. The van der Waals surface area contributed by atoms with Gasteiger partial charge in [0.2, 0.25) is 5.95 Å². The number of hydrogen-bond acceptors (Lipinski definition) is 4.